The summed E-state index contributed by atoms with van der Waals surface area (Å²) in [6.45, 7) is 2.24. The zero-order valence-corrected chi connectivity index (χ0v) is 9.12. The highest BCUT2D eigenvalue weighted by atomic mass is 16.6. The predicted octanol–water partition coefficient (Wildman–Crippen LogP) is 1.30. The first-order valence-corrected chi connectivity index (χ1v) is 4.83. The van der Waals surface area contributed by atoms with Gasteiger partial charge in [0.05, 0.1) is 11.5 Å². The standard InChI is InChI=1S/C10H11N3O4/c1-2-17-7-11-12-10(14)8-3-5-9(6-4-8)13(15)16/h3-7H,2H2,1H3,(H,12,14)/b11-7+. The molecule has 1 aromatic carbocycles. The van der Waals surface area contributed by atoms with Crippen LogP contribution >= 0.6 is 0 Å². The van der Waals surface area contributed by atoms with E-state index in [-0.39, 0.29) is 11.3 Å². The van der Waals surface area contributed by atoms with Crippen molar-refractivity contribution in [3.05, 3.63) is 39.9 Å². The Morgan fingerprint density at radius 2 is 2.18 bits per heavy atom. The second kappa shape index (κ2) is 6.21. The topological polar surface area (TPSA) is 93.8 Å². The van der Waals surface area contributed by atoms with Crippen LogP contribution in [0.25, 0.3) is 0 Å². The number of hydrazone groups is 1. The Bertz CT molecular complexity index is 428. The third-order valence-electron chi connectivity index (χ3n) is 1.80. The summed E-state index contributed by atoms with van der Waals surface area (Å²) >= 11 is 0. The van der Waals surface area contributed by atoms with E-state index in [1.165, 1.54) is 24.3 Å². The van der Waals surface area contributed by atoms with Gasteiger partial charge in [-0.1, -0.05) is 0 Å². The number of hydrogen-bond donors (Lipinski definition) is 1. The van der Waals surface area contributed by atoms with Gasteiger partial charge in [0.25, 0.3) is 11.6 Å². The molecular formula is C10H11N3O4. The van der Waals surface area contributed by atoms with E-state index in [1.54, 1.807) is 6.92 Å². The Labute approximate surface area is 97.2 Å². The molecule has 7 heteroatoms. The molecule has 0 aliphatic carbocycles. The van der Waals surface area contributed by atoms with Crippen molar-refractivity contribution in [2.45, 2.75) is 6.92 Å². The number of benzene rings is 1. The normalized spacial score (nSPS) is 10.2. The van der Waals surface area contributed by atoms with E-state index < -0.39 is 10.8 Å². The molecule has 0 heterocycles. The van der Waals surface area contributed by atoms with Crippen LogP contribution in [0.4, 0.5) is 5.69 Å². The molecule has 0 spiro atoms. The maximum absolute atomic E-state index is 11.4. The largest absolute Gasteiger partial charge is 0.482 e. The third-order valence-corrected chi connectivity index (χ3v) is 1.80. The number of carbonyl (C=O) groups is 1. The molecule has 0 atom stereocenters. The summed E-state index contributed by atoms with van der Waals surface area (Å²) in [7, 11) is 0. The molecule has 17 heavy (non-hydrogen) atoms. The molecule has 7 nitrogen and oxygen atoms in total. The summed E-state index contributed by atoms with van der Waals surface area (Å²) in [6.07, 6.45) is 1.11. The van der Waals surface area contributed by atoms with Gasteiger partial charge in [0.15, 0.2) is 6.40 Å². The van der Waals surface area contributed by atoms with E-state index in [0.717, 1.165) is 6.40 Å². The molecule has 1 rings (SSSR count). The van der Waals surface area contributed by atoms with Crippen LogP contribution < -0.4 is 5.43 Å². The zero-order valence-electron chi connectivity index (χ0n) is 9.12. The van der Waals surface area contributed by atoms with Crippen LogP contribution in [0.3, 0.4) is 0 Å². The van der Waals surface area contributed by atoms with E-state index in [2.05, 4.69) is 10.5 Å². The van der Waals surface area contributed by atoms with Crippen molar-refractivity contribution in [2.24, 2.45) is 5.10 Å². The van der Waals surface area contributed by atoms with Crippen molar-refractivity contribution in [3.63, 3.8) is 0 Å². The van der Waals surface area contributed by atoms with E-state index in [0.29, 0.717) is 6.61 Å². The quantitative estimate of drug-likeness (QED) is 0.361. The molecule has 0 aliphatic heterocycles. The van der Waals surface area contributed by atoms with Crippen molar-refractivity contribution in [1.29, 1.82) is 0 Å². The van der Waals surface area contributed by atoms with Gasteiger partial charge in [-0.3, -0.25) is 14.9 Å². The summed E-state index contributed by atoms with van der Waals surface area (Å²) < 4.78 is 4.77. The average Bonchev–Trinajstić information content (AvgIpc) is 2.34. The molecule has 1 aromatic rings. The minimum atomic E-state index is -0.533. The molecule has 1 N–H and O–H groups in total. The van der Waals surface area contributed by atoms with Crippen LogP contribution in [0, 0.1) is 10.1 Å². The van der Waals surface area contributed by atoms with E-state index in [4.69, 9.17) is 4.74 Å². The van der Waals surface area contributed by atoms with Crippen LogP contribution in [-0.4, -0.2) is 23.8 Å². The second-order valence-electron chi connectivity index (χ2n) is 2.93. The van der Waals surface area contributed by atoms with E-state index in [1.807, 2.05) is 0 Å². The monoisotopic (exact) mass is 237 g/mol. The number of nitro benzene ring substituents is 1. The number of nitrogens with one attached hydrogen (secondary N) is 1. The average molecular weight is 237 g/mol. The molecule has 1 amide bonds. The lowest BCUT2D eigenvalue weighted by molar-refractivity contribution is -0.384. The van der Waals surface area contributed by atoms with Crippen LogP contribution in [-0.2, 0) is 4.74 Å². The predicted molar refractivity (Wildman–Crippen MR) is 60.7 cm³/mol. The number of nitrogens with zero attached hydrogens (tertiary/aromatic N) is 2. The number of hydrogen-bond acceptors (Lipinski definition) is 5. The number of nitro groups is 1. The maximum Gasteiger partial charge on any atom is 0.271 e. The Balaban J connectivity index is 2.60. The number of carbonyl (C=O) groups excluding carboxylic acids is 1. The van der Waals surface area contributed by atoms with Crippen LogP contribution in [0.5, 0.6) is 0 Å². The SMILES string of the molecule is CCO/C=N/NC(=O)c1ccc([N+](=O)[O-])cc1. The minimum absolute atomic E-state index is 0.0700. The summed E-state index contributed by atoms with van der Waals surface area (Å²) in [5.41, 5.74) is 2.43. The van der Waals surface area contributed by atoms with Gasteiger partial charge in [0.1, 0.15) is 0 Å². The molecule has 0 fully saturated rings. The zero-order chi connectivity index (χ0) is 12.7. The van der Waals surface area contributed by atoms with Gasteiger partial charge in [-0.25, -0.2) is 5.43 Å². The fraction of sp³-hybridized carbons (Fsp3) is 0.200. The highest BCUT2D eigenvalue weighted by Crippen LogP contribution is 2.11. The Morgan fingerprint density at radius 3 is 2.71 bits per heavy atom. The van der Waals surface area contributed by atoms with Gasteiger partial charge in [0, 0.05) is 17.7 Å². The van der Waals surface area contributed by atoms with Gasteiger partial charge < -0.3 is 4.74 Å². The van der Waals surface area contributed by atoms with E-state index >= 15 is 0 Å². The summed E-state index contributed by atoms with van der Waals surface area (Å²) in [5.74, 6) is -0.462. The highest BCUT2D eigenvalue weighted by Gasteiger charge is 2.08. The van der Waals surface area contributed by atoms with Crippen LogP contribution in [0.2, 0.25) is 0 Å². The first kappa shape index (κ1) is 12.6. The molecule has 0 saturated carbocycles. The van der Waals surface area contributed by atoms with E-state index in [9.17, 15) is 14.9 Å². The Morgan fingerprint density at radius 1 is 1.53 bits per heavy atom. The number of amides is 1. The van der Waals surface area contributed by atoms with Gasteiger partial charge >= 0.3 is 0 Å². The van der Waals surface area contributed by atoms with Gasteiger partial charge in [-0.2, -0.15) is 0 Å². The first-order valence-electron chi connectivity index (χ1n) is 4.83. The number of ether oxygens (including phenoxy) is 1. The van der Waals surface area contributed by atoms with Crippen LogP contribution in [0.1, 0.15) is 17.3 Å². The third kappa shape index (κ3) is 3.90. The van der Waals surface area contributed by atoms with Crippen LogP contribution in [0.15, 0.2) is 29.4 Å². The lowest BCUT2D eigenvalue weighted by Crippen LogP contribution is -2.17. The summed E-state index contributed by atoms with van der Waals surface area (Å²) in [4.78, 5) is 21.3. The van der Waals surface area contributed by atoms with Crippen molar-refractivity contribution in [3.8, 4) is 0 Å². The molecule has 0 aromatic heterocycles. The lowest BCUT2D eigenvalue weighted by atomic mass is 10.2. The highest BCUT2D eigenvalue weighted by molar-refractivity contribution is 5.94. The summed E-state index contributed by atoms with van der Waals surface area (Å²) in [6, 6.07) is 5.20. The van der Waals surface area contributed by atoms with Crippen molar-refractivity contribution in [1.82, 2.24) is 5.43 Å². The van der Waals surface area contributed by atoms with Gasteiger partial charge in [-0.15, -0.1) is 5.10 Å². The minimum Gasteiger partial charge on any atom is -0.482 e. The molecule has 0 saturated heterocycles. The molecule has 0 radical (unpaired) electrons. The fourth-order valence-electron chi connectivity index (χ4n) is 0.996. The van der Waals surface area contributed by atoms with Crippen molar-refractivity contribution < 1.29 is 14.5 Å². The van der Waals surface area contributed by atoms with Crippen molar-refractivity contribution >= 4 is 18.0 Å². The van der Waals surface area contributed by atoms with Gasteiger partial charge in [0.2, 0.25) is 0 Å². The lowest BCUT2D eigenvalue weighted by Gasteiger charge is -1.99. The number of non-ortho nitro benzene ring substituents is 1. The number of rotatable bonds is 5. The first-order chi connectivity index (χ1) is 8.15. The summed E-state index contributed by atoms with van der Waals surface area (Å²) in [5, 5.41) is 13.9. The Hall–Kier alpha value is -2.44. The molecule has 0 aliphatic rings. The smallest absolute Gasteiger partial charge is 0.271 e. The second-order valence-corrected chi connectivity index (χ2v) is 2.93. The van der Waals surface area contributed by atoms with Gasteiger partial charge in [-0.05, 0) is 19.1 Å². The van der Waals surface area contributed by atoms with Crippen molar-refractivity contribution in [2.75, 3.05) is 6.61 Å². The molecule has 90 valence electrons. The molecule has 0 bridgehead atoms. The molecular weight excluding hydrogens is 226 g/mol. The maximum atomic E-state index is 11.4. The Kier molecular flexibility index (Phi) is 4.61. The fourth-order valence-corrected chi connectivity index (χ4v) is 0.996. The molecule has 0 unspecified atom stereocenters.